The average molecular weight is 224 g/mol. The molecule has 2 heteroatoms. The Morgan fingerprint density at radius 3 is 2.75 bits per heavy atom. The molecule has 0 radical (unpaired) electrons. The zero-order chi connectivity index (χ0) is 11.3. The van der Waals surface area contributed by atoms with Gasteiger partial charge in [0, 0.05) is 12.1 Å². The van der Waals surface area contributed by atoms with Gasteiger partial charge in [-0.3, -0.25) is 4.90 Å². The van der Waals surface area contributed by atoms with Crippen molar-refractivity contribution in [3.05, 3.63) is 0 Å². The SMILES string of the molecule is CCCCCCN1CCCC12CCCNC2. The minimum absolute atomic E-state index is 0.560. The third-order valence-electron chi connectivity index (χ3n) is 4.47. The van der Waals surface area contributed by atoms with Gasteiger partial charge in [-0.1, -0.05) is 26.2 Å². The average Bonchev–Trinajstić information content (AvgIpc) is 2.69. The van der Waals surface area contributed by atoms with Crippen molar-refractivity contribution in [3.8, 4) is 0 Å². The van der Waals surface area contributed by atoms with Gasteiger partial charge in [-0.15, -0.1) is 0 Å². The molecule has 16 heavy (non-hydrogen) atoms. The van der Waals surface area contributed by atoms with Gasteiger partial charge in [-0.25, -0.2) is 0 Å². The number of hydrogen-bond donors (Lipinski definition) is 1. The molecule has 2 fully saturated rings. The lowest BCUT2D eigenvalue weighted by Gasteiger charge is -2.42. The van der Waals surface area contributed by atoms with E-state index in [-0.39, 0.29) is 0 Å². The molecule has 0 aromatic heterocycles. The Balaban J connectivity index is 1.78. The highest BCUT2D eigenvalue weighted by atomic mass is 15.2. The number of likely N-dealkylation sites (tertiary alicyclic amines) is 1. The first-order chi connectivity index (χ1) is 7.87. The summed E-state index contributed by atoms with van der Waals surface area (Å²) < 4.78 is 0. The molecule has 0 bridgehead atoms. The van der Waals surface area contributed by atoms with Crippen LogP contribution in [0, 0.1) is 0 Å². The van der Waals surface area contributed by atoms with Crippen molar-refractivity contribution in [2.24, 2.45) is 0 Å². The van der Waals surface area contributed by atoms with Crippen molar-refractivity contribution in [3.63, 3.8) is 0 Å². The molecule has 2 aliphatic rings. The smallest absolute Gasteiger partial charge is 0.0334 e. The molecule has 0 aromatic rings. The highest BCUT2D eigenvalue weighted by Crippen LogP contribution is 2.34. The number of unbranched alkanes of at least 4 members (excludes halogenated alkanes) is 3. The Morgan fingerprint density at radius 2 is 2.00 bits per heavy atom. The lowest BCUT2D eigenvalue weighted by atomic mass is 9.87. The van der Waals surface area contributed by atoms with Crippen LogP contribution < -0.4 is 5.32 Å². The van der Waals surface area contributed by atoms with E-state index in [1.54, 1.807) is 0 Å². The zero-order valence-electron chi connectivity index (χ0n) is 10.9. The lowest BCUT2D eigenvalue weighted by molar-refractivity contribution is 0.103. The molecule has 2 nitrogen and oxygen atoms in total. The first-order valence-corrected chi connectivity index (χ1v) is 7.33. The summed E-state index contributed by atoms with van der Waals surface area (Å²) in [5, 5.41) is 3.61. The predicted molar refractivity (Wildman–Crippen MR) is 69.8 cm³/mol. The van der Waals surface area contributed by atoms with Gasteiger partial charge >= 0.3 is 0 Å². The molecule has 0 saturated carbocycles. The molecule has 1 unspecified atom stereocenters. The quantitative estimate of drug-likeness (QED) is 0.722. The van der Waals surface area contributed by atoms with Crippen LogP contribution in [0.5, 0.6) is 0 Å². The molecule has 1 N–H and O–H groups in total. The van der Waals surface area contributed by atoms with Crippen LogP contribution in [-0.2, 0) is 0 Å². The van der Waals surface area contributed by atoms with Crippen LogP contribution in [0.25, 0.3) is 0 Å². The van der Waals surface area contributed by atoms with Crippen molar-refractivity contribution in [2.45, 2.75) is 63.8 Å². The van der Waals surface area contributed by atoms with E-state index in [1.807, 2.05) is 0 Å². The summed E-state index contributed by atoms with van der Waals surface area (Å²) >= 11 is 0. The van der Waals surface area contributed by atoms with E-state index in [0.717, 1.165) is 0 Å². The Kier molecular flexibility index (Phi) is 4.66. The van der Waals surface area contributed by atoms with Crippen LogP contribution in [-0.4, -0.2) is 36.6 Å². The standard InChI is InChI=1S/C14H28N2/c1-2-3-4-5-11-16-12-7-9-14(16)8-6-10-15-13-14/h15H,2-13H2,1H3. The minimum Gasteiger partial charge on any atom is -0.315 e. The molecule has 2 aliphatic heterocycles. The molecule has 0 aromatic carbocycles. The highest BCUT2D eigenvalue weighted by Gasteiger charge is 2.40. The van der Waals surface area contributed by atoms with Crippen LogP contribution >= 0.6 is 0 Å². The van der Waals surface area contributed by atoms with Crippen LogP contribution in [0.1, 0.15) is 58.3 Å². The van der Waals surface area contributed by atoms with E-state index < -0.39 is 0 Å². The van der Waals surface area contributed by atoms with Crippen molar-refractivity contribution in [1.82, 2.24) is 10.2 Å². The molecule has 1 spiro atoms. The lowest BCUT2D eigenvalue weighted by Crippen LogP contribution is -2.54. The highest BCUT2D eigenvalue weighted by molar-refractivity contribution is 4.99. The van der Waals surface area contributed by atoms with Gasteiger partial charge in [0.25, 0.3) is 0 Å². The summed E-state index contributed by atoms with van der Waals surface area (Å²) in [5.41, 5.74) is 0.560. The van der Waals surface area contributed by atoms with E-state index in [2.05, 4.69) is 17.1 Å². The van der Waals surface area contributed by atoms with Gasteiger partial charge in [-0.05, 0) is 51.7 Å². The fraction of sp³-hybridized carbons (Fsp3) is 1.00. The maximum atomic E-state index is 3.61. The fourth-order valence-electron chi connectivity index (χ4n) is 3.51. The molecule has 2 rings (SSSR count). The van der Waals surface area contributed by atoms with E-state index in [0.29, 0.717) is 5.54 Å². The third kappa shape index (κ3) is 2.78. The predicted octanol–water partition coefficient (Wildman–Crippen LogP) is 2.78. The van der Waals surface area contributed by atoms with E-state index in [9.17, 15) is 0 Å². The molecule has 94 valence electrons. The Morgan fingerprint density at radius 1 is 1.12 bits per heavy atom. The minimum atomic E-state index is 0.560. The number of rotatable bonds is 5. The molecule has 0 aliphatic carbocycles. The Bertz CT molecular complexity index is 197. The molecule has 2 saturated heterocycles. The number of nitrogens with zero attached hydrogens (tertiary/aromatic N) is 1. The molecule has 0 amide bonds. The maximum Gasteiger partial charge on any atom is 0.0334 e. The molecule has 1 atom stereocenters. The molecule has 2 heterocycles. The van der Waals surface area contributed by atoms with Crippen molar-refractivity contribution < 1.29 is 0 Å². The summed E-state index contributed by atoms with van der Waals surface area (Å²) in [6.07, 6.45) is 11.3. The van der Waals surface area contributed by atoms with Gasteiger partial charge in [0.1, 0.15) is 0 Å². The van der Waals surface area contributed by atoms with E-state index >= 15 is 0 Å². The van der Waals surface area contributed by atoms with Crippen LogP contribution in [0.2, 0.25) is 0 Å². The summed E-state index contributed by atoms with van der Waals surface area (Å²) in [5.74, 6) is 0. The summed E-state index contributed by atoms with van der Waals surface area (Å²) in [7, 11) is 0. The summed E-state index contributed by atoms with van der Waals surface area (Å²) in [6.45, 7) is 7.49. The van der Waals surface area contributed by atoms with Crippen LogP contribution in [0.4, 0.5) is 0 Å². The fourth-order valence-corrected chi connectivity index (χ4v) is 3.51. The first-order valence-electron chi connectivity index (χ1n) is 7.33. The third-order valence-corrected chi connectivity index (χ3v) is 4.47. The number of piperidine rings is 1. The Hall–Kier alpha value is -0.0800. The van der Waals surface area contributed by atoms with Crippen molar-refractivity contribution in [1.29, 1.82) is 0 Å². The Labute approximate surface area is 101 Å². The molecular weight excluding hydrogens is 196 g/mol. The zero-order valence-corrected chi connectivity index (χ0v) is 10.9. The second kappa shape index (κ2) is 6.02. The van der Waals surface area contributed by atoms with E-state index in [4.69, 9.17) is 0 Å². The monoisotopic (exact) mass is 224 g/mol. The summed E-state index contributed by atoms with van der Waals surface area (Å²) in [4.78, 5) is 2.80. The van der Waals surface area contributed by atoms with Crippen LogP contribution in [0.15, 0.2) is 0 Å². The van der Waals surface area contributed by atoms with Gasteiger partial charge < -0.3 is 5.32 Å². The van der Waals surface area contributed by atoms with Gasteiger partial charge in [0.05, 0.1) is 0 Å². The van der Waals surface area contributed by atoms with Crippen molar-refractivity contribution >= 4 is 0 Å². The van der Waals surface area contributed by atoms with E-state index in [1.165, 1.54) is 77.5 Å². The number of nitrogens with one attached hydrogen (secondary N) is 1. The maximum absolute atomic E-state index is 3.61. The van der Waals surface area contributed by atoms with Gasteiger partial charge in [-0.2, -0.15) is 0 Å². The molecular formula is C14H28N2. The second-order valence-corrected chi connectivity index (χ2v) is 5.66. The largest absolute Gasteiger partial charge is 0.315 e. The van der Waals surface area contributed by atoms with Crippen LogP contribution in [0.3, 0.4) is 0 Å². The second-order valence-electron chi connectivity index (χ2n) is 5.66. The van der Waals surface area contributed by atoms with Gasteiger partial charge in [0.2, 0.25) is 0 Å². The number of hydrogen-bond acceptors (Lipinski definition) is 2. The normalized spacial score (nSPS) is 31.3. The van der Waals surface area contributed by atoms with Gasteiger partial charge in [0.15, 0.2) is 0 Å². The first kappa shape index (κ1) is 12.4. The topological polar surface area (TPSA) is 15.3 Å². The van der Waals surface area contributed by atoms with Crippen molar-refractivity contribution in [2.75, 3.05) is 26.2 Å². The summed E-state index contributed by atoms with van der Waals surface area (Å²) in [6, 6.07) is 0.